The fourth-order valence-corrected chi connectivity index (χ4v) is 1.50. The maximum absolute atomic E-state index is 11.9. The van der Waals surface area contributed by atoms with Crippen LogP contribution in [0, 0.1) is 0 Å². The lowest BCUT2D eigenvalue weighted by atomic mass is 10.2. The number of nitrogens with zero attached hydrogens (tertiary/aromatic N) is 1. The first-order valence-corrected chi connectivity index (χ1v) is 5.72. The first-order valence-electron chi connectivity index (χ1n) is 5.72. The van der Waals surface area contributed by atoms with Crippen molar-refractivity contribution in [3.63, 3.8) is 0 Å². The molecule has 0 radical (unpaired) electrons. The van der Waals surface area contributed by atoms with Gasteiger partial charge in [-0.05, 0) is 32.0 Å². The van der Waals surface area contributed by atoms with Crippen molar-refractivity contribution in [1.82, 2.24) is 10.2 Å². The van der Waals surface area contributed by atoms with E-state index in [1.54, 1.807) is 30.5 Å². The molecule has 5 nitrogen and oxygen atoms in total. The number of rotatable bonds is 4. The Morgan fingerprint density at radius 3 is 2.89 bits per heavy atom. The van der Waals surface area contributed by atoms with Gasteiger partial charge < -0.3 is 10.1 Å². The summed E-state index contributed by atoms with van der Waals surface area (Å²) in [6.45, 7) is 3.88. The first-order chi connectivity index (χ1) is 8.65. The molecule has 1 aromatic carbocycles. The highest BCUT2D eigenvalue weighted by Gasteiger charge is 2.08. The summed E-state index contributed by atoms with van der Waals surface area (Å²) in [6.07, 6.45) is 1.66. The summed E-state index contributed by atoms with van der Waals surface area (Å²) >= 11 is 0. The van der Waals surface area contributed by atoms with E-state index in [2.05, 4.69) is 15.5 Å². The van der Waals surface area contributed by atoms with Crippen molar-refractivity contribution in [2.45, 2.75) is 20.0 Å². The van der Waals surface area contributed by atoms with E-state index in [0.717, 1.165) is 0 Å². The van der Waals surface area contributed by atoms with Gasteiger partial charge in [-0.3, -0.25) is 9.89 Å². The minimum absolute atomic E-state index is 0.0796. The average molecular weight is 245 g/mol. The summed E-state index contributed by atoms with van der Waals surface area (Å²) in [5.74, 6) is 1.05. The number of carbonyl (C=O) groups excluding carboxylic acids is 1. The normalized spacial score (nSPS) is 10.4. The lowest BCUT2D eigenvalue weighted by Crippen LogP contribution is -2.13. The summed E-state index contributed by atoms with van der Waals surface area (Å²) in [6, 6.07) is 8.75. The molecule has 2 rings (SSSR count). The van der Waals surface area contributed by atoms with Gasteiger partial charge in [-0.15, -0.1) is 0 Å². The van der Waals surface area contributed by atoms with Crippen LogP contribution in [0.5, 0.6) is 5.75 Å². The van der Waals surface area contributed by atoms with Crippen molar-refractivity contribution in [2.75, 3.05) is 5.32 Å². The number of aromatic nitrogens is 2. The van der Waals surface area contributed by atoms with Gasteiger partial charge in [0.05, 0.1) is 12.3 Å². The number of anilines is 1. The van der Waals surface area contributed by atoms with Crippen LogP contribution in [-0.2, 0) is 0 Å². The number of hydrogen-bond donors (Lipinski definition) is 2. The Balaban J connectivity index is 2.10. The minimum atomic E-state index is -0.201. The van der Waals surface area contributed by atoms with Crippen LogP contribution in [-0.4, -0.2) is 22.2 Å². The molecule has 94 valence electrons. The number of ether oxygens (including phenoxy) is 1. The molecule has 0 saturated heterocycles. The molecule has 0 bridgehead atoms. The number of amides is 1. The highest BCUT2D eigenvalue weighted by Crippen LogP contribution is 2.15. The summed E-state index contributed by atoms with van der Waals surface area (Å²) in [7, 11) is 0. The van der Waals surface area contributed by atoms with Gasteiger partial charge >= 0.3 is 0 Å². The summed E-state index contributed by atoms with van der Waals surface area (Å²) in [4.78, 5) is 11.9. The van der Waals surface area contributed by atoms with Crippen LogP contribution >= 0.6 is 0 Å². The molecule has 18 heavy (non-hydrogen) atoms. The van der Waals surface area contributed by atoms with Crippen LogP contribution in [0.15, 0.2) is 36.5 Å². The highest BCUT2D eigenvalue weighted by molar-refractivity contribution is 6.03. The van der Waals surface area contributed by atoms with Gasteiger partial charge in [0.2, 0.25) is 0 Å². The second-order valence-corrected chi connectivity index (χ2v) is 4.12. The van der Waals surface area contributed by atoms with E-state index >= 15 is 0 Å². The van der Waals surface area contributed by atoms with E-state index in [0.29, 0.717) is 17.1 Å². The number of H-pyrrole nitrogens is 1. The van der Waals surface area contributed by atoms with Crippen molar-refractivity contribution in [3.05, 3.63) is 42.1 Å². The van der Waals surface area contributed by atoms with Crippen molar-refractivity contribution in [2.24, 2.45) is 0 Å². The van der Waals surface area contributed by atoms with Crippen LogP contribution in [0.4, 0.5) is 5.82 Å². The third-order valence-electron chi connectivity index (χ3n) is 2.22. The summed E-state index contributed by atoms with van der Waals surface area (Å²) in [5, 5.41) is 9.14. The van der Waals surface area contributed by atoms with E-state index in [1.807, 2.05) is 19.9 Å². The van der Waals surface area contributed by atoms with E-state index in [9.17, 15) is 4.79 Å². The zero-order valence-corrected chi connectivity index (χ0v) is 10.3. The molecule has 5 heteroatoms. The Morgan fingerprint density at radius 1 is 1.39 bits per heavy atom. The van der Waals surface area contributed by atoms with Gasteiger partial charge in [-0.1, -0.05) is 6.07 Å². The molecule has 0 fully saturated rings. The monoisotopic (exact) mass is 245 g/mol. The third kappa shape index (κ3) is 3.10. The Bertz CT molecular complexity index is 521. The van der Waals surface area contributed by atoms with Crippen LogP contribution in [0.2, 0.25) is 0 Å². The van der Waals surface area contributed by atoms with Crippen molar-refractivity contribution < 1.29 is 9.53 Å². The first kappa shape index (κ1) is 12.2. The molecule has 0 spiro atoms. The SMILES string of the molecule is CC(C)Oc1cccc(C(=O)Nc2ccn[nH]2)c1. The molecular weight excluding hydrogens is 230 g/mol. The van der Waals surface area contributed by atoms with E-state index < -0.39 is 0 Å². The molecule has 1 amide bonds. The zero-order valence-electron chi connectivity index (χ0n) is 10.3. The van der Waals surface area contributed by atoms with Gasteiger partial charge in [-0.2, -0.15) is 5.10 Å². The average Bonchev–Trinajstić information content (AvgIpc) is 2.81. The summed E-state index contributed by atoms with van der Waals surface area (Å²) < 4.78 is 5.54. The summed E-state index contributed by atoms with van der Waals surface area (Å²) in [5.41, 5.74) is 0.544. The van der Waals surface area contributed by atoms with Crippen molar-refractivity contribution >= 4 is 11.7 Å². The molecule has 2 aromatic rings. The Labute approximate surface area is 105 Å². The van der Waals surface area contributed by atoms with Crippen LogP contribution in [0.1, 0.15) is 24.2 Å². The number of nitrogens with one attached hydrogen (secondary N) is 2. The zero-order chi connectivity index (χ0) is 13.0. The third-order valence-corrected chi connectivity index (χ3v) is 2.22. The fraction of sp³-hybridized carbons (Fsp3) is 0.231. The highest BCUT2D eigenvalue weighted by atomic mass is 16.5. The van der Waals surface area contributed by atoms with Gasteiger partial charge in [0.1, 0.15) is 11.6 Å². The maximum atomic E-state index is 11.9. The molecule has 0 aliphatic rings. The molecular formula is C13H15N3O2. The number of carbonyl (C=O) groups is 1. The molecule has 0 atom stereocenters. The molecule has 0 aliphatic heterocycles. The Morgan fingerprint density at radius 2 is 2.22 bits per heavy atom. The number of hydrogen-bond acceptors (Lipinski definition) is 3. The minimum Gasteiger partial charge on any atom is -0.491 e. The second kappa shape index (κ2) is 5.35. The number of benzene rings is 1. The molecule has 1 aromatic heterocycles. The lowest BCUT2D eigenvalue weighted by Gasteiger charge is -2.10. The Kier molecular flexibility index (Phi) is 3.62. The van der Waals surface area contributed by atoms with Gasteiger partial charge in [0.25, 0.3) is 5.91 Å². The predicted molar refractivity (Wildman–Crippen MR) is 68.7 cm³/mol. The fourth-order valence-electron chi connectivity index (χ4n) is 1.50. The topological polar surface area (TPSA) is 67.0 Å². The van der Waals surface area contributed by atoms with E-state index in [-0.39, 0.29) is 12.0 Å². The lowest BCUT2D eigenvalue weighted by molar-refractivity contribution is 0.102. The largest absolute Gasteiger partial charge is 0.491 e. The maximum Gasteiger partial charge on any atom is 0.256 e. The molecule has 0 unspecified atom stereocenters. The Hall–Kier alpha value is -2.30. The number of aromatic amines is 1. The second-order valence-electron chi connectivity index (χ2n) is 4.12. The van der Waals surface area contributed by atoms with E-state index in [1.165, 1.54) is 0 Å². The quantitative estimate of drug-likeness (QED) is 0.869. The smallest absolute Gasteiger partial charge is 0.256 e. The van der Waals surface area contributed by atoms with Crippen LogP contribution in [0.3, 0.4) is 0 Å². The standard InChI is InChI=1S/C13H15N3O2/c1-9(2)18-11-5-3-4-10(8-11)13(17)15-12-6-7-14-16-12/h3-9H,1-2H3,(H2,14,15,16,17). The van der Waals surface area contributed by atoms with Crippen LogP contribution < -0.4 is 10.1 Å². The van der Waals surface area contributed by atoms with Gasteiger partial charge in [0, 0.05) is 11.6 Å². The van der Waals surface area contributed by atoms with E-state index in [4.69, 9.17) is 4.74 Å². The van der Waals surface area contributed by atoms with Gasteiger partial charge in [0.15, 0.2) is 0 Å². The molecule has 2 N–H and O–H groups in total. The molecule has 0 saturated carbocycles. The predicted octanol–water partition coefficient (Wildman–Crippen LogP) is 2.45. The molecule has 0 aliphatic carbocycles. The van der Waals surface area contributed by atoms with Crippen molar-refractivity contribution in [1.29, 1.82) is 0 Å². The van der Waals surface area contributed by atoms with Crippen molar-refractivity contribution in [3.8, 4) is 5.75 Å². The molecule has 1 heterocycles. The van der Waals surface area contributed by atoms with Gasteiger partial charge in [-0.25, -0.2) is 0 Å². The van der Waals surface area contributed by atoms with Crippen LogP contribution in [0.25, 0.3) is 0 Å².